The van der Waals surface area contributed by atoms with E-state index in [0.29, 0.717) is 13.2 Å². The Labute approximate surface area is 108 Å². The van der Waals surface area contributed by atoms with Crippen LogP contribution in [0, 0.1) is 0 Å². The van der Waals surface area contributed by atoms with E-state index in [9.17, 15) is 4.79 Å². The standard InChI is InChI=1S/C14H20N2O2/c1-18-12-11-15-9-10-16-14(17)8-7-13-5-3-2-4-6-13/h2-8,15H,9-12H2,1H3,(H,16,17)/b8-7+. The molecule has 18 heavy (non-hydrogen) atoms. The first-order chi connectivity index (χ1) is 8.83. The number of methoxy groups -OCH3 is 1. The summed E-state index contributed by atoms with van der Waals surface area (Å²) < 4.78 is 4.90. The Hall–Kier alpha value is -1.65. The smallest absolute Gasteiger partial charge is 0.244 e. The Kier molecular flexibility index (Phi) is 7.52. The molecule has 98 valence electrons. The van der Waals surface area contributed by atoms with Crippen molar-refractivity contribution < 1.29 is 9.53 Å². The van der Waals surface area contributed by atoms with E-state index in [1.165, 1.54) is 0 Å². The van der Waals surface area contributed by atoms with Gasteiger partial charge in [0, 0.05) is 32.8 Å². The maximum Gasteiger partial charge on any atom is 0.244 e. The fourth-order valence-corrected chi connectivity index (χ4v) is 1.37. The first-order valence-corrected chi connectivity index (χ1v) is 6.03. The van der Waals surface area contributed by atoms with Crippen LogP contribution >= 0.6 is 0 Å². The predicted octanol–water partition coefficient (Wildman–Crippen LogP) is 1.05. The lowest BCUT2D eigenvalue weighted by atomic mass is 10.2. The number of hydrogen-bond acceptors (Lipinski definition) is 3. The Balaban J connectivity index is 2.12. The molecule has 0 bridgehead atoms. The van der Waals surface area contributed by atoms with Gasteiger partial charge in [-0.15, -0.1) is 0 Å². The van der Waals surface area contributed by atoms with Crippen LogP contribution in [0.1, 0.15) is 5.56 Å². The van der Waals surface area contributed by atoms with Crippen molar-refractivity contribution >= 4 is 12.0 Å². The summed E-state index contributed by atoms with van der Waals surface area (Å²) in [6.07, 6.45) is 3.35. The van der Waals surface area contributed by atoms with Crippen molar-refractivity contribution in [3.8, 4) is 0 Å². The summed E-state index contributed by atoms with van der Waals surface area (Å²) in [6.45, 7) is 2.84. The van der Waals surface area contributed by atoms with Gasteiger partial charge < -0.3 is 15.4 Å². The van der Waals surface area contributed by atoms with Crippen LogP contribution in [0.3, 0.4) is 0 Å². The zero-order valence-corrected chi connectivity index (χ0v) is 10.7. The molecule has 0 fully saturated rings. The van der Waals surface area contributed by atoms with Crippen molar-refractivity contribution in [3.05, 3.63) is 42.0 Å². The van der Waals surface area contributed by atoms with E-state index < -0.39 is 0 Å². The van der Waals surface area contributed by atoms with Gasteiger partial charge in [0.25, 0.3) is 0 Å². The van der Waals surface area contributed by atoms with E-state index in [2.05, 4.69) is 10.6 Å². The van der Waals surface area contributed by atoms with Gasteiger partial charge in [0.2, 0.25) is 5.91 Å². The lowest BCUT2D eigenvalue weighted by Gasteiger charge is -2.04. The van der Waals surface area contributed by atoms with Crippen molar-refractivity contribution in [2.45, 2.75) is 0 Å². The van der Waals surface area contributed by atoms with Crippen molar-refractivity contribution in [2.75, 3.05) is 33.4 Å². The maximum atomic E-state index is 11.5. The number of nitrogens with one attached hydrogen (secondary N) is 2. The molecule has 0 heterocycles. The van der Waals surface area contributed by atoms with E-state index in [1.807, 2.05) is 30.3 Å². The van der Waals surface area contributed by atoms with Crippen LogP contribution in [0.5, 0.6) is 0 Å². The van der Waals surface area contributed by atoms with Crippen LogP contribution in [0.2, 0.25) is 0 Å². The number of ether oxygens (including phenoxy) is 1. The van der Waals surface area contributed by atoms with E-state index in [4.69, 9.17) is 4.74 Å². The summed E-state index contributed by atoms with van der Waals surface area (Å²) in [5.41, 5.74) is 1.02. The van der Waals surface area contributed by atoms with Crippen LogP contribution in [-0.2, 0) is 9.53 Å². The summed E-state index contributed by atoms with van der Waals surface area (Å²) in [5.74, 6) is -0.0765. The zero-order valence-electron chi connectivity index (χ0n) is 10.7. The van der Waals surface area contributed by atoms with Gasteiger partial charge in [0.05, 0.1) is 6.61 Å². The summed E-state index contributed by atoms with van der Waals surface area (Å²) in [7, 11) is 1.66. The molecule has 2 N–H and O–H groups in total. The Morgan fingerprint density at radius 2 is 2.00 bits per heavy atom. The van der Waals surface area contributed by atoms with Crippen molar-refractivity contribution in [1.29, 1.82) is 0 Å². The summed E-state index contributed by atoms with van der Waals surface area (Å²) >= 11 is 0. The van der Waals surface area contributed by atoms with Crippen LogP contribution in [-0.4, -0.2) is 39.3 Å². The Morgan fingerprint density at radius 1 is 1.22 bits per heavy atom. The van der Waals surface area contributed by atoms with Gasteiger partial charge in [-0.25, -0.2) is 0 Å². The van der Waals surface area contributed by atoms with E-state index in [-0.39, 0.29) is 5.91 Å². The van der Waals surface area contributed by atoms with Gasteiger partial charge in [-0.1, -0.05) is 30.3 Å². The second-order valence-electron chi connectivity index (χ2n) is 3.78. The molecule has 0 aliphatic heterocycles. The highest BCUT2D eigenvalue weighted by Gasteiger charge is 1.94. The fraction of sp³-hybridized carbons (Fsp3) is 0.357. The molecular weight excluding hydrogens is 228 g/mol. The molecule has 0 unspecified atom stereocenters. The average Bonchev–Trinajstić information content (AvgIpc) is 2.41. The van der Waals surface area contributed by atoms with Gasteiger partial charge in [-0.2, -0.15) is 0 Å². The van der Waals surface area contributed by atoms with E-state index in [0.717, 1.165) is 18.7 Å². The molecular formula is C14H20N2O2. The number of hydrogen-bond donors (Lipinski definition) is 2. The highest BCUT2D eigenvalue weighted by molar-refractivity contribution is 5.91. The zero-order chi connectivity index (χ0) is 13.1. The van der Waals surface area contributed by atoms with Crippen molar-refractivity contribution in [3.63, 3.8) is 0 Å². The van der Waals surface area contributed by atoms with Crippen LogP contribution in [0.4, 0.5) is 0 Å². The molecule has 0 spiro atoms. The van der Waals surface area contributed by atoms with Crippen molar-refractivity contribution in [2.24, 2.45) is 0 Å². The summed E-state index contributed by atoms with van der Waals surface area (Å²) in [4.78, 5) is 11.5. The first-order valence-electron chi connectivity index (χ1n) is 6.03. The minimum absolute atomic E-state index is 0.0765. The third-order valence-corrected chi connectivity index (χ3v) is 2.31. The fourth-order valence-electron chi connectivity index (χ4n) is 1.37. The van der Waals surface area contributed by atoms with Gasteiger partial charge >= 0.3 is 0 Å². The van der Waals surface area contributed by atoms with E-state index in [1.54, 1.807) is 19.3 Å². The van der Waals surface area contributed by atoms with E-state index >= 15 is 0 Å². The molecule has 1 aromatic rings. The molecule has 0 aromatic heterocycles. The molecule has 1 rings (SSSR count). The molecule has 4 nitrogen and oxygen atoms in total. The van der Waals surface area contributed by atoms with Crippen LogP contribution in [0.25, 0.3) is 6.08 Å². The highest BCUT2D eigenvalue weighted by Crippen LogP contribution is 2.00. The maximum absolute atomic E-state index is 11.5. The number of carbonyl (C=O) groups excluding carboxylic acids is 1. The molecule has 0 saturated carbocycles. The quantitative estimate of drug-likeness (QED) is 0.534. The SMILES string of the molecule is COCCNCCNC(=O)/C=C/c1ccccc1. The lowest BCUT2D eigenvalue weighted by molar-refractivity contribution is -0.116. The third kappa shape index (κ3) is 6.83. The largest absolute Gasteiger partial charge is 0.383 e. The molecule has 0 atom stereocenters. The molecule has 1 aromatic carbocycles. The molecule has 0 aliphatic rings. The molecule has 0 aliphatic carbocycles. The molecule has 1 amide bonds. The number of carbonyl (C=O) groups is 1. The number of amides is 1. The lowest BCUT2D eigenvalue weighted by Crippen LogP contribution is -2.32. The Bertz CT molecular complexity index is 363. The molecule has 0 saturated heterocycles. The Morgan fingerprint density at radius 3 is 2.72 bits per heavy atom. The second kappa shape index (κ2) is 9.39. The van der Waals surface area contributed by atoms with Gasteiger partial charge in [-0.05, 0) is 11.6 Å². The highest BCUT2D eigenvalue weighted by atomic mass is 16.5. The average molecular weight is 248 g/mol. The van der Waals surface area contributed by atoms with Crippen LogP contribution < -0.4 is 10.6 Å². The summed E-state index contributed by atoms with van der Waals surface area (Å²) in [5, 5.41) is 5.95. The molecule has 0 radical (unpaired) electrons. The predicted molar refractivity (Wildman–Crippen MR) is 73.2 cm³/mol. The van der Waals surface area contributed by atoms with Crippen LogP contribution in [0.15, 0.2) is 36.4 Å². The van der Waals surface area contributed by atoms with Gasteiger partial charge in [0.15, 0.2) is 0 Å². The monoisotopic (exact) mass is 248 g/mol. The number of benzene rings is 1. The molecule has 4 heteroatoms. The summed E-state index contributed by atoms with van der Waals surface area (Å²) in [6, 6.07) is 9.74. The number of rotatable bonds is 8. The minimum Gasteiger partial charge on any atom is -0.383 e. The van der Waals surface area contributed by atoms with Crippen molar-refractivity contribution in [1.82, 2.24) is 10.6 Å². The topological polar surface area (TPSA) is 50.4 Å². The van der Waals surface area contributed by atoms with Gasteiger partial charge in [0.1, 0.15) is 0 Å². The normalized spacial score (nSPS) is 10.7. The second-order valence-corrected chi connectivity index (χ2v) is 3.78. The van der Waals surface area contributed by atoms with Gasteiger partial charge in [-0.3, -0.25) is 4.79 Å². The first kappa shape index (κ1) is 14.4. The third-order valence-electron chi connectivity index (χ3n) is 2.31. The minimum atomic E-state index is -0.0765.